The second-order valence-corrected chi connectivity index (χ2v) is 4.07. The average Bonchev–Trinajstić information content (AvgIpc) is 2.06. The monoisotopic (exact) mass is 183 g/mol. The third-order valence-corrected chi connectivity index (χ3v) is 2.95. The smallest absolute Gasteiger partial charge is 0.126 e. The minimum Gasteiger partial charge on any atom is -0.288 e. The molecule has 0 saturated carbocycles. The van der Waals surface area contributed by atoms with Crippen LogP contribution in [0.5, 0.6) is 0 Å². The van der Waals surface area contributed by atoms with Crippen molar-refractivity contribution in [1.29, 1.82) is 5.41 Å². The summed E-state index contributed by atoms with van der Waals surface area (Å²) in [7, 11) is 0. The summed E-state index contributed by atoms with van der Waals surface area (Å²) in [4.78, 5) is 1.13. The van der Waals surface area contributed by atoms with E-state index in [1.165, 1.54) is 23.5 Å². The predicted octanol–water partition coefficient (Wildman–Crippen LogP) is 3.08. The lowest BCUT2D eigenvalue weighted by Gasteiger charge is -1.97. The Morgan fingerprint density at radius 2 is 1.91 bits per heavy atom. The van der Waals surface area contributed by atoms with E-state index in [-0.39, 0.29) is 0 Å². The number of benzene rings is 1. The summed E-state index contributed by atoms with van der Waals surface area (Å²) in [6, 6.07) is 9.96. The minimum atomic E-state index is 0.635. The number of hydrogen-bond donors (Lipinski definition) is 1. The Morgan fingerprint density at radius 1 is 1.27 bits per heavy atom. The number of thioether (sulfide) groups is 2. The molecule has 0 aliphatic carbocycles. The van der Waals surface area contributed by atoms with Crippen LogP contribution in [0.4, 0.5) is 0 Å². The van der Waals surface area contributed by atoms with Gasteiger partial charge in [0.15, 0.2) is 0 Å². The zero-order valence-corrected chi connectivity index (χ0v) is 7.84. The molecule has 0 amide bonds. The van der Waals surface area contributed by atoms with Gasteiger partial charge in [0.05, 0.1) is 0 Å². The van der Waals surface area contributed by atoms with E-state index in [1.807, 2.05) is 36.6 Å². The van der Waals surface area contributed by atoms with Crippen molar-refractivity contribution in [3.05, 3.63) is 30.3 Å². The van der Waals surface area contributed by atoms with E-state index < -0.39 is 0 Å². The van der Waals surface area contributed by atoms with Crippen molar-refractivity contribution in [2.75, 3.05) is 6.26 Å². The maximum absolute atomic E-state index is 7.40. The summed E-state index contributed by atoms with van der Waals surface area (Å²) in [5.74, 6) is 0. The number of rotatable bonds is 1. The van der Waals surface area contributed by atoms with Crippen LogP contribution in [0.3, 0.4) is 0 Å². The van der Waals surface area contributed by atoms with E-state index in [1.54, 1.807) is 0 Å². The summed E-state index contributed by atoms with van der Waals surface area (Å²) >= 11 is 2.96. The zero-order valence-electron chi connectivity index (χ0n) is 6.20. The van der Waals surface area contributed by atoms with Crippen LogP contribution < -0.4 is 0 Å². The summed E-state index contributed by atoms with van der Waals surface area (Å²) in [6.07, 6.45) is 1.91. The van der Waals surface area contributed by atoms with Gasteiger partial charge in [-0.1, -0.05) is 30.0 Å². The molecular formula is C8H9NS2. The Hall–Kier alpha value is -0.410. The summed E-state index contributed by atoms with van der Waals surface area (Å²) in [5.41, 5.74) is 0. The second kappa shape index (κ2) is 4.46. The first-order valence-corrected chi connectivity index (χ1v) is 5.22. The van der Waals surface area contributed by atoms with Gasteiger partial charge in [0.1, 0.15) is 4.38 Å². The van der Waals surface area contributed by atoms with Crippen molar-refractivity contribution in [3.63, 3.8) is 0 Å². The third-order valence-electron chi connectivity index (χ3n) is 1.14. The molecular weight excluding hydrogens is 174 g/mol. The standard InChI is InChI=1S/C8H9NS2/c1-10-8(9)11-7-5-3-2-4-6-7/h2-6,9H,1H3. The molecule has 0 saturated heterocycles. The quantitative estimate of drug-likeness (QED) is 0.411. The van der Waals surface area contributed by atoms with Crippen molar-refractivity contribution in [3.8, 4) is 0 Å². The van der Waals surface area contributed by atoms with Gasteiger partial charge < -0.3 is 0 Å². The number of hydrogen-bond acceptors (Lipinski definition) is 3. The maximum atomic E-state index is 7.40. The Labute approximate surface area is 75.1 Å². The topological polar surface area (TPSA) is 23.9 Å². The lowest BCUT2D eigenvalue weighted by molar-refractivity contribution is 1.47. The van der Waals surface area contributed by atoms with E-state index in [0.717, 1.165) is 4.90 Å². The second-order valence-electron chi connectivity index (χ2n) is 1.91. The predicted molar refractivity (Wildman–Crippen MR) is 53.5 cm³/mol. The molecule has 0 atom stereocenters. The SMILES string of the molecule is CSC(=N)Sc1ccccc1. The highest BCUT2D eigenvalue weighted by molar-refractivity contribution is 8.38. The van der Waals surface area contributed by atoms with Crippen LogP contribution in [0.15, 0.2) is 35.2 Å². The van der Waals surface area contributed by atoms with Crippen LogP contribution in [0, 0.1) is 5.41 Å². The maximum Gasteiger partial charge on any atom is 0.126 e. The lowest BCUT2D eigenvalue weighted by atomic mass is 10.4. The van der Waals surface area contributed by atoms with Crippen molar-refractivity contribution < 1.29 is 0 Å². The molecule has 0 aliphatic rings. The van der Waals surface area contributed by atoms with Gasteiger partial charge in [0.25, 0.3) is 0 Å². The fraction of sp³-hybridized carbons (Fsp3) is 0.125. The van der Waals surface area contributed by atoms with Gasteiger partial charge in [0.2, 0.25) is 0 Å². The van der Waals surface area contributed by atoms with E-state index >= 15 is 0 Å². The molecule has 1 N–H and O–H groups in total. The first-order valence-electron chi connectivity index (χ1n) is 3.18. The fourth-order valence-electron chi connectivity index (χ4n) is 0.637. The molecule has 0 radical (unpaired) electrons. The molecule has 0 aromatic heterocycles. The molecule has 11 heavy (non-hydrogen) atoms. The molecule has 1 aromatic rings. The van der Waals surface area contributed by atoms with Gasteiger partial charge in [-0.3, -0.25) is 5.41 Å². The highest BCUT2D eigenvalue weighted by Crippen LogP contribution is 2.22. The molecule has 0 fully saturated rings. The van der Waals surface area contributed by atoms with E-state index in [0.29, 0.717) is 4.38 Å². The van der Waals surface area contributed by atoms with Crippen molar-refractivity contribution >= 4 is 27.9 Å². The molecule has 0 unspecified atom stereocenters. The van der Waals surface area contributed by atoms with Gasteiger partial charge in [-0.05, 0) is 18.4 Å². The summed E-state index contributed by atoms with van der Waals surface area (Å²) < 4.78 is 0.635. The Bertz CT molecular complexity index is 233. The lowest BCUT2D eigenvalue weighted by Crippen LogP contribution is -1.78. The molecule has 0 heterocycles. The van der Waals surface area contributed by atoms with Gasteiger partial charge in [-0.25, -0.2) is 0 Å². The summed E-state index contributed by atoms with van der Waals surface area (Å²) in [6.45, 7) is 0. The van der Waals surface area contributed by atoms with Gasteiger partial charge in [0, 0.05) is 4.90 Å². The van der Waals surface area contributed by atoms with Crippen LogP contribution in [0.1, 0.15) is 0 Å². The van der Waals surface area contributed by atoms with Crippen LogP contribution in [0.25, 0.3) is 0 Å². The highest BCUT2D eigenvalue weighted by atomic mass is 32.2. The van der Waals surface area contributed by atoms with Gasteiger partial charge in [-0.2, -0.15) is 0 Å². The van der Waals surface area contributed by atoms with Gasteiger partial charge in [-0.15, -0.1) is 11.8 Å². The van der Waals surface area contributed by atoms with E-state index in [4.69, 9.17) is 5.41 Å². The molecule has 0 bridgehead atoms. The largest absolute Gasteiger partial charge is 0.288 e. The first kappa shape index (κ1) is 8.68. The van der Waals surface area contributed by atoms with Crippen LogP contribution in [-0.2, 0) is 0 Å². The molecule has 1 rings (SSSR count). The molecule has 0 spiro atoms. The Morgan fingerprint density at radius 3 is 2.45 bits per heavy atom. The molecule has 1 aromatic carbocycles. The van der Waals surface area contributed by atoms with Crippen molar-refractivity contribution in [1.82, 2.24) is 0 Å². The third kappa shape index (κ3) is 2.99. The molecule has 1 nitrogen and oxygen atoms in total. The van der Waals surface area contributed by atoms with Gasteiger partial charge >= 0.3 is 0 Å². The molecule has 0 aliphatic heterocycles. The summed E-state index contributed by atoms with van der Waals surface area (Å²) in [5, 5.41) is 7.40. The first-order chi connectivity index (χ1) is 5.33. The Balaban J connectivity index is 2.58. The minimum absolute atomic E-state index is 0.635. The van der Waals surface area contributed by atoms with Crippen LogP contribution >= 0.6 is 23.5 Å². The number of nitrogens with one attached hydrogen (secondary N) is 1. The van der Waals surface area contributed by atoms with Crippen LogP contribution in [0.2, 0.25) is 0 Å². The van der Waals surface area contributed by atoms with Crippen molar-refractivity contribution in [2.24, 2.45) is 0 Å². The van der Waals surface area contributed by atoms with Crippen LogP contribution in [-0.4, -0.2) is 10.6 Å². The molecule has 3 heteroatoms. The average molecular weight is 183 g/mol. The fourth-order valence-corrected chi connectivity index (χ4v) is 1.77. The van der Waals surface area contributed by atoms with E-state index in [2.05, 4.69) is 0 Å². The molecule has 58 valence electrons. The Kier molecular flexibility index (Phi) is 3.52. The van der Waals surface area contributed by atoms with Crippen molar-refractivity contribution in [2.45, 2.75) is 4.90 Å². The normalized spacial score (nSPS) is 9.55. The van der Waals surface area contributed by atoms with E-state index in [9.17, 15) is 0 Å². The zero-order chi connectivity index (χ0) is 8.10. The highest BCUT2D eigenvalue weighted by Gasteiger charge is 1.95.